The van der Waals surface area contributed by atoms with Gasteiger partial charge in [0.2, 0.25) is 0 Å². The van der Waals surface area contributed by atoms with E-state index in [0.29, 0.717) is 6.04 Å². The highest BCUT2D eigenvalue weighted by Gasteiger charge is 2.10. The first-order valence-corrected chi connectivity index (χ1v) is 9.01. The highest BCUT2D eigenvalue weighted by Crippen LogP contribution is 2.23. The molecule has 0 spiro atoms. The summed E-state index contributed by atoms with van der Waals surface area (Å²) >= 11 is 0. The zero-order chi connectivity index (χ0) is 16.3. The molecule has 0 amide bonds. The maximum Gasteiger partial charge on any atom is 0.123 e. The number of imidazole rings is 1. The van der Waals surface area contributed by atoms with Gasteiger partial charge in [0.05, 0.1) is 6.33 Å². The fraction of sp³-hybridized carbons (Fsp3) is 0.550. The van der Waals surface area contributed by atoms with Crippen LogP contribution in [0.25, 0.3) is 0 Å². The van der Waals surface area contributed by atoms with Crippen LogP contribution in [0.2, 0.25) is 0 Å². The van der Waals surface area contributed by atoms with E-state index < -0.39 is 0 Å². The molecule has 0 saturated carbocycles. The first-order valence-electron chi connectivity index (χ1n) is 9.01. The number of rotatable bonds is 11. The van der Waals surface area contributed by atoms with Crippen LogP contribution < -0.4 is 0 Å². The number of hydrogen-bond acceptors (Lipinski definition) is 1. The molecule has 23 heavy (non-hydrogen) atoms. The van der Waals surface area contributed by atoms with Gasteiger partial charge in [0.1, 0.15) is 5.82 Å². The molecule has 1 heterocycles. The van der Waals surface area contributed by atoms with Crippen LogP contribution >= 0.6 is 0 Å². The minimum absolute atomic E-state index is 0.152. The maximum absolute atomic E-state index is 12.9. The van der Waals surface area contributed by atoms with Crippen molar-refractivity contribution in [3.05, 3.63) is 54.4 Å². The van der Waals surface area contributed by atoms with E-state index in [4.69, 9.17) is 0 Å². The molecule has 0 aliphatic carbocycles. The standard InChI is InChI=1S/C20H29FN2/c1-2-3-4-5-9-20(23-16-15-22-17-23)10-7-6-8-18-11-13-19(21)14-12-18/h11-17,20H,2-10H2,1H3. The molecule has 0 fully saturated rings. The van der Waals surface area contributed by atoms with E-state index in [0.717, 1.165) is 12.8 Å². The molecule has 0 aliphatic heterocycles. The Kier molecular flexibility index (Phi) is 7.85. The lowest BCUT2D eigenvalue weighted by atomic mass is 10.00. The van der Waals surface area contributed by atoms with Crippen LogP contribution in [0.5, 0.6) is 0 Å². The van der Waals surface area contributed by atoms with E-state index in [-0.39, 0.29) is 5.82 Å². The number of aromatic nitrogens is 2. The van der Waals surface area contributed by atoms with Crippen molar-refractivity contribution in [3.8, 4) is 0 Å². The summed E-state index contributed by atoms with van der Waals surface area (Å²) in [7, 11) is 0. The zero-order valence-electron chi connectivity index (χ0n) is 14.3. The summed E-state index contributed by atoms with van der Waals surface area (Å²) in [5.41, 5.74) is 1.23. The normalized spacial score (nSPS) is 12.4. The van der Waals surface area contributed by atoms with Crippen molar-refractivity contribution >= 4 is 0 Å². The number of halogens is 1. The average molecular weight is 316 g/mol. The highest BCUT2D eigenvalue weighted by atomic mass is 19.1. The minimum atomic E-state index is -0.152. The first kappa shape index (κ1) is 17.7. The molecule has 2 rings (SSSR count). The Hall–Kier alpha value is -1.64. The topological polar surface area (TPSA) is 17.8 Å². The number of unbranched alkanes of at least 4 members (excludes halogenated alkanes) is 4. The Morgan fingerprint density at radius 3 is 2.39 bits per heavy atom. The Labute approximate surface area is 139 Å². The predicted octanol–water partition coefficient (Wildman–Crippen LogP) is 5.95. The monoisotopic (exact) mass is 316 g/mol. The molecule has 1 atom stereocenters. The molecule has 0 aliphatic rings. The van der Waals surface area contributed by atoms with Gasteiger partial charge in [0.25, 0.3) is 0 Å². The van der Waals surface area contributed by atoms with Gasteiger partial charge in [-0.25, -0.2) is 9.37 Å². The lowest BCUT2D eigenvalue weighted by molar-refractivity contribution is 0.399. The molecule has 0 saturated heterocycles. The Bertz CT molecular complexity index is 519. The fourth-order valence-corrected chi connectivity index (χ4v) is 3.09. The smallest absolute Gasteiger partial charge is 0.123 e. The maximum atomic E-state index is 12.9. The van der Waals surface area contributed by atoms with Gasteiger partial charge in [-0.1, -0.05) is 51.2 Å². The molecule has 0 N–H and O–H groups in total. The number of nitrogens with zero attached hydrogens (tertiary/aromatic N) is 2. The molecule has 1 unspecified atom stereocenters. The summed E-state index contributed by atoms with van der Waals surface area (Å²) in [6.45, 7) is 2.25. The van der Waals surface area contributed by atoms with Gasteiger partial charge >= 0.3 is 0 Å². The summed E-state index contributed by atoms with van der Waals surface area (Å²) in [5, 5.41) is 0. The van der Waals surface area contributed by atoms with Gasteiger partial charge in [-0.3, -0.25) is 0 Å². The van der Waals surface area contributed by atoms with Crippen molar-refractivity contribution in [1.82, 2.24) is 9.55 Å². The van der Waals surface area contributed by atoms with Crippen molar-refractivity contribution in [3.63, 3.8) is 0 Å². The quantitative estimate of drug-likeness (QED) is 0.469. The van der Waals surface area contributed by atoms with E-state index in [9.17, 15) is 4.39 Å². The van der Waals surface area contributed by atoms with E-state index >= 15 is 0 Å². The molecule has 3 heteroatoms. The van der Waals surface area contributed by atoms with E-state index in [1.165, 1.54) is 50.5 Å². The Morgan fingerprint density at radius 1 is 1.00 bits per heavy atom. The highest BCUT2D eigenvalue weighted by molar-refractivity contribution is 5.15. The van der Waals surface area contributed by atoms with Gasteiger partial charge in [-0.2, -0.15) is 0 Å². The number of hydrogen-bond donors (Lipinski definition) is 0. The van der Waals surface area contributed by atoms with Crippen molar-refractivity contribution in [1.29, 1.82) is 0 Å². The van der Waals surface area contributed by atoms with Crippen molar-refractivity contribution in [2.24, 2.45) is 0 Å². The summed E-state index contributed by atoms with van der Waals surface area (Å²) in [4.78, 5) is 4.20. The van der Waals surface area contributed by atoms with Crippen LogP contribution in [0.1, 0.15) is 69.9 Å². The Balaban J connectivity index is 1.73. The van der Waals surface area contributed by atoms with Crippen LogP contribution in [0.15, 0.2) is 43.0 Å². The molecule has 1 aromatic carbocycles. The molecular formula is C20H29FN2. The third kappa shape index (κ3) is 6.55. The minimum Gasteiger partial charge on any atom is -0.334 e. The summed E-state index contributed by atoms with van der Waals surface area (Å²) in [5.74, 6) is -0.152. The largest absolute Gasteiger partial charge is 0.334 e. The fourth-order valence-electron chi connectivity index (χ4n) is 3.09. The van der Waals surface area contributed by atoms with Crippen LogP contribution in [0.3, 0.4) is 0 Å². The molecule has 2 nitrogen and oxygen atoms in total. The molecular weight excluding hydrogens is 287 g/mol. The first-order chi connectivity index (χ1) is 11.3. The summed E-state index contributed by atoms with van der Waals surface area (Å²) in [6, 6.07) is 7.47. The molecule has 2 aromatic rings. The SMILES string of the molecule is CCCCCCC(CCCCc1ccc(F)cc1)n1ccnc1. The number of aryl methyl sites for hydroxylation is 1. The molecule has 0 radical (unpaired) electrons. The Morgan fingerprint density at radius 2 is 1.74 bits per heavy atom. The number of benzene rings is 1. The van der Waals surface area contributed by atoms with Crippen molar-refractivity contribution in [2.45, 2.75) is 70.8 Å². The van der Waals surface area contributed by atoms with Crippen LogP contribution in [-0.2, 0) is 6.42 Å². The average Bonchev–Trinajstić information content (AvgIpc) is 3.09. The summed E-state index contributed by atoms with van der Waals surface area (Å²) < 4.78 is 15.2. The molecule has 0 bridgehead atoms. The van der Waals surface area contributed by atoms with Gasteiger partial charge in [-0.15, -0.1) is 0 Å². The van der Waals surface area contributed by atoms with E-state index in [2.05, 4.69) is 22.7 Å². The van der Waals surface area contributed by atoms with Gasteiger partial charge in [-0.05, 0) is 43.4 Å². The van der Waals surface area contributed by atoms with Crippen molar-refractivity contribution < 1.29 is 4.39 Å². The lowest BCUT2D eigenvalue weighted by Crippen LogP contribution is -2.07. The molecule has 1 aromatic heterocycles. The van der Waals surface area contributed by atoms with Crippen LogP contribution in [0.4, 0.5) is 4.39 Å². The second kappa shape index (κ2) is 10.2. The third-order valence-corrected chi connectivity index (χ3v) is 4.50. The third-order valence-electron chi connectivity index (χ3n) is 4.50. The van der Waals surface area contributed by atoms with Gasteiger partial charge in [0, 0.05) is 18.4 Å². The second-order valence-corrected chi connectivity index (χ2v) is 6.39. The summed E-state index contributed by atoms with van der Waals surface area (Å²) in [6.07, 6.45) is 17.0. The predicted molar refractivity (Wildman–Crippen MR) is 94.0 cm³/mol. The second-order valence-electron chi connectivity index (χ2n) is 6.39. The van der Waals surface area contributed by atoms with Crippen LogP contribution in [-0.4, -0.2) is 9.55 Å². The van der Waals surface area contributed by atoms with E-state index in [1.807, 2.05) is 24.7 Å². The van der Waals surface area contributed by atoms with Gasteiger partial charge < -0.3 is 4.57 Å². The lowest BCUT2D eigenvalue weighted by Gasteiger charge is -2.18. The van der Waals surface area contributed by atoms with E-state index in [1.54, 1.807) is 12.1 Å². The van der Waals surface area contributed by atoms with Gasteiger partial charge in [0.15, 0.2) is 0 Å². The zero-order valence-corrected chi connectivity index (χ0v) is 14.3. The van der Waals surface area contributed by atoms with Crippen molar-refractivity contribution in [2.75, 3.05) is 0 Å². The molecule has 126 valence electrons. The van der Waals surface area contributed by atoms with Crippen LogP contribution in [0, 0.1) is 5.82 Å².